The maximum Gasteiger partial charge on any atom is 0.251 e. The number of nitrogens with zero attached hydrogens (tertiary/aromatic N) is 1. The van der Waals surface area contributed by atoms with Gasteiger partial charge in [0.1, 0.15) is 0 Å². The van der Waals surface area contributed by atoms with E-state index >= 15 is 0 Å². The molecule has 1 unspecified atom stereocenters. The first-order chi connectivity index (χ1) is 9.15. The van der Waals surface area contributed by atoms with Crippen molar-refractivity contribution in [2.75, 3.05) is 26.2 Å². The summed E-state index contributed by atoms with van der Waals surface area (Å²) in [4.78, 5) is 14.4. The fraction of sp³-hybridized carbons (Fsp3) is 0.533. The maximum atomic E-state index is 11.9. The zero-order chi connectivity index (χ0) is 13.7. The monoisotopic (exact) mass is 372 g/mol. The van der Waals surface area contributed by atoms with Crippen LogP contribution in [0.1, 0.15) is 30.1 Å². The van der Waals surface area contributed by atoms with Crippen molar-refractivity contribution in [2.45, 2.75) is 19.8 Å². The lowest BCUT2D eigenvalue weighted by atomic mass is 10.0. The number of likely N-dealkylation sites (tertiary alicyclic amines) is 1. The zero-order valence-corrected chi connectivity index (χ0v) is 13.5. The standard InChI is InChI=1S/C15H21IN2O/c1-12-3-2-9-18(11-12)10-8-17-15(19)13-4-6-14(16)7-5-13/h4-7,12H,2-3,8-11H2,1H3,(H,17,19). The van der Waals surface area contributed by atoms with Gasteiger partial charge in [-0.1, -0.05) is 6.92 Å². The van der Waals surface area contributed by atoms with E-state index in [1.807, 2.05) is 24.3 Å². The Kier molecular flexibility index (Phi) is 5.63. The van der Waals surface area contributed by atoms with Gasteiger partial charge < -0.3 is 10.2 Å². The van der Waals surface area contributed by atoms with Crippen molar-refractivity contribution in [2.24, 2.45) is 5.92 Å². The summed E-state index contributed by atoms with van der Waals surface area (Å²) < 4.78 is 1.15. The Morgan fingerprint density at radius 2 is 2.16 bits per heavy atom. The molecule has 1 heterocycles. The fourth-order valence-corrected chi connectivity index (χ4v) is 2.88. The third-order valence-corrected chi connectivity index (χ3v) is 4.28. The Bertz CT molecular complexity index is 419. The number of rotatable bonds is 4. The SMILES string of the molecule is CC1CCCN(CCNC(=O)c2ccc(I)cc2)C1. The van der Waals surface area contributed by atoms with Crippen LogP contribution in [0.2, 0.25) is 0 Å². The van der Waals surface area contributed by atoms with Crippen LogP contribution in [0.3, 0.4) is 0 Å². The molecule has 19 heavy (non-hydrogen) atoms. The highest BCUT2D eigenvalue weighted by atomic mass is 127. The van der Waals surface area contributed by atoms with Crippen LogP contribution in [-0.2, 0) is 0 Å². The topological polar surface area (TPSA) is 32.3 Å². The molecule has 2 rings (SSSR count). The molecular weight excluding hydrogens is 351 g/mol. The van der Waals surface area contributed by atoms with Gasteiger partial charge in [-0.15, -0.1) is 0 Å². The van der Waals surface area contributed by atoms with E-state index in [0.717, 1.165) is 28.1 Å². The average Bonchev–Trinajstić information content (AvgIpc) is 2.39. The van der Waals surface area contributed by atoms with Crippen molar-refractivity contribution in [3.63, 3.8) is 0 Å². The minimum absolute atomic E-state index is 0.0291. The van der Waals surface area contributed by atoms with E-state index in [2.05, 4.69) is 39.7 Å². The van der Waals surface area contributed by atoms with Gasteiger partial charge in [-0.2, -0.15) is 0 Å². The predicted octanol–water partition coefficient (Wildman–Crippen LogP) is 2.75. The molecule has 1 amide bonds. The number of benzene rings is 1. The summed E-state index contributed by atoms with van der Waals surface area (Å²) in [5.41, 5.74) is 0.743. The van der Waals surface area contributed by atoms with E-state index < -0.39 is 0 Å². The first-order valence-electron chi connectivity index (χ1n) is 6.91. The smallest absolute Gasteiger partial charge is 0.251 e. The Hall–Kier alpha value is -0.620. The maximum absolute atomic E-state index is 11.9. The summed E-state index contributed by atoms with van der Waals surface area (Å²) in [5, 5.41) is 3.00. The molecule has 1 aromatic carbocycles. The molecule has 3 nitrogen and oxygen atoms in total. The highest BCUT2D eigenvalue weighted by molar-refractivity contribution is 14.1. The van der Waals surface area contributed by atoms with Gasteiger partial charge in [0.2, 0.25) is 0 Å². The normalized spacial score (nSPS) is 20.2. The second kappa shape index (κ2) is 7.24. The molecule has 1 saturated heterocycles. The summed E-state index contributed by atoms with van der Waals surface area (Å²) in [6.07, 6.45) is 2.62. The Morgan fingerprint density at radius 3 is 2.84 bits per heavy atom. The van der Waals surface area contributed by atoms with Gasteiger partial charge in [-0.3, -0.25) is 4.79 Å². The van der Waals surface area contributed by atoms with Gasteiger partial charge in [-0.25, -0.2) is 0 Å². The van der Waals surface area contributed by atoms with Crippen LogP contribution >= 0.6 is 22.6 Å². The van der Waals surface area contributed by atoms with Gasteiger partial charge in [-0.05, 0) is 72.2 Å². The third-order valence-electron chi connectivity index (χ3n) is 3.56. The minimum atomic E-state index is 0.0291. The number of carbonyl (C=O) groups is 1. The molecule has 0 bridgehead atoms. The Labute approximate surface area is 128 Å². The molecular formula is C15H21IN2O. The quantitative estimate of drug-likeness (QED) is 0.825. The van der Waals surface area contributed by atoms with Gasteiger partial charge in [0, 0.05) is 28.8 Å². The van der Waals surface area contributed by atoms with Crippen LogP contribution in [-0.4, -0.2) is 37.0 Å². The predicted molar refractivity (Wildman–Crippen MR) is 86.3 cm³/mol. The summed E-state index contributed by atoms with van der Waals surface area (Å²) in [7, 11) is 0. The number of amides is 1. The Balaban J connectivity index is 1.73. The van der Waals surface area contributed by atoms with E-state index in [1.54, 1.807) is 0 Å². The molecule has 1 aromatic rings. The van der Waals surface area contributed by atoms with Gasteiger partial charge in [0.25, 0.3) is 5.91 Å². The first-order valence-corrected chi connectivity index (χ1v) is 7.99. The van der Waals surface area contributed by atoms with Crippen LogP contribution in [0.4, 0.5) is 0 Å². The van der Waals surface area contributed by atoms with Crippen LogP contribution < -0.4 is 5.32 Å². The summed E-state index contributed by atoms with van der Waals surface area (Å²) in [6, 6.07) is 7.67. The fourth-order valence-electron chi connectivity index (χ4n) is 2.52. The van der Waals surface area contributed by atoms with Crippen molar-refractivity contribution in [3.05, 3.63) is 33.4 Å². The molecule has 0 spiro atoms. The number of halogens is 1. The molecule has 0 radical (unpaired) electrons. The molecule has 0 aliphatic carbocycles. The van der Waals surface area contributed by atoms with Crippen molar-refractivity contribution < 1.29 is 4.79 Å². The van der Waals surface area contributed by atoms with Crippen LogP contribution in [0, 0.1) is 9.49 Å². The lowest BCUT2D eigenvalue weighted by Gasteiger charge is -2.30. The zero-order valence-electron chi connectivity index (χ0n) is 11.4. The lowest BCUT2D eigenvalue weighted by Crippen LogP contribution is -2.40. The molecule has 1 aliphatic heterocycles. The molecule has 1 N–H and O–H groups in total. The van der Waals surface area contributed by atoms with E-state index in [4.69, 9.17) is 0 Å². The second-order valence-corrected chi connectivity index (χ2v) is 6.56. The van der Waals surface area contributed by atoms with Crippen LogP contribution in [0.15, 0.2) is 24.3 Å². The highest BCUT2D eigenvalue weighted by Gasteiger charge is 2.15. The number of hydrogen-bond donors (Lipinski definition) is 1. The van der Waals surface area contributed by atoms with Crippen molar-refractivity contribution in [1.82, 2.24) is 10.2 Å². The van der Waals surface area contributed by atoms with Crippen molar-refractivity contribution in [1.29, 1.82) is 0 Å². The second-order valence-electron chi connectivity index (χ2n) is 5.31. The van der Waals surface area contributed by atoms with E-state index in [-0.39, 0.29) is 5.91 Å². The summed E-state index contributed by atoms with van der Waals surface area (Å²) in [5.74, 6) is 0.821. The van der Waals surface area contributed by atoms with Crippen LogP contribution in [0.25, 0.3) is 0 Å². The van der Waals surface area contributed by atoms with E-state index in [0.29, 0.717) is 0 Å². The minimum Gasteiger partial charge on any atom is -0.351 e. The average molecular weight is 372 g/mol. The number of nitrogens with one attached hydrogen (secondary N) is 1. The largest absolute Gasteiger partial charge is 0.351 e. The first kappa shape index (κ1) is 14.8. The molecule has 1 aliphatic rings. The lowest BCUT2D eigenvalue weighted by molar-refractivity contribution is 0.0944. The Morgan fingerprint density at radius 1 is 1.42 bits per heavy atom. The van der Waals surface area contributed by atoms with Gasteiger partial charge in [0.05, 0.1) is 0 Å². The number of piperidine rings is 1. The van der Waals surface area contributed by atoms with Gasteiger partial charge >= 0.3 is 0 Å². The third kappa shape index (κ3) is 4.76. The van der Waals surface area contributed by atoms with Crippen molar-refractivity contribution >= 4 is 28.5 Å². The molecule has 1 atom stereocenters. The number of hydrogen-bond acceptors (Lipinski definition) is 2. The van der Waals surface area contributed by atoms with E-state index in [9.17, 15) is 4.79 Å². The van der Waals surface area contributed by atoms with E-state index in [1.165, 1.54) is 25.9 Å². The van der Waals surface area contributed by atoms with Crippen LogP contribution in [0.5, 0.6) is 0 Å². The van der Waals surface area contributed by atoms with Gasteiger partial charge in [0.15, 0.2) is 0 Å². The van der Waals surface area contributed by atoms with Crippen molar-refractivity contribution in [3.8, 4) is 0 Å². The molecule has 0 aromatic heterocycles. The molecule has 0 saturated carbocycles. The number of carbonyl (C=O) groups excluding carboxylic acids is 1. The molecule has 4 heteroatoms. The summed E-state index contributed by atoms with van der Waals surface area (Å²) >= 11 is 2.24. The highest BCUT2D eigenvalue weighted by Crippen LogP contribution is 2.14. The summed E-state index contributed by atoms with van der Waals surface area (Å²) in [6.45, 7) is 6.33. The molecule has 104 valence electrons. The molecule has 1 fully saturated rings.